The van der Waals surface area contributed by atoms with E-state index in [1.54, 1.807) is 18.2 Å². The summed E-state index contributed by atoms with van der Waals surface area (Å²) in [6.07, 6.45) is 0.717. The lowest BCUT2D eigenvalue weighted by molar-refractivity contribution is -0.116. The summed E-state index contributed by atoms with van der Waals surface area (Å²) >= 11 is 1.37. The van der Waals surface area contributed by atoms with Crippen molar-refractivity contribution in [3.63, 3.8) is 0 Å². The van der Waals surface area contributed by atoms with Crippen molar-refractivity contribution in [1.29, 1.82) is 0 Å². The molecule has 0 radical (unpaired) electrons. The minimum absolute atomic E-state index is 0.139. The van der Waals surface area contributed by atoms with Crippen molar-refractivity contribution in [2.75, 3.05) is 11.9 Å². The topological polar surface area (TPSA) is 58.2 Å². The molecular formula is C16H17FN2O2S. The lowest BCUT2D eigenvalue weighted by atomic mass is 10.2. The molecule has 1 heterocycles. The molecule has 116 valence electrons. The highest BCUT2D eigenvalue weighted by molar-refractivity contribution is 7.12. The van der Waals surface area contributed by atoms with Crippen LogP contribution in [0, 0.1) is 12.7 Å². The Bertz CT molecular complexity index is 656. The van der Waals surface area contributed by atoms with Gasteiger partial charge in [0.25, 0.3) is 5.91 Å². The van der Waals surface area contributed by atoms with E-state index in [1.807, 2.05) is 18.4 Å². The van der Waals surface area contributed by atoms with Crippen LogP contribution < -0.4 is 10.6 Å². The SMILES string of the molecule is Cc1ccc(F)c(NC(=O)CCCNC(=O)c2cccs2)c1. The average Bonchev–Trinajstić information content (AvgIpc) is 3.01. The number of carbonyl (C=O) groups excluding carboxylic acids is 2. The second-order valence-corrected chi connectivity index (χ2v) is 5.82. The van der Waals surface area contributed by atoms with Gasteiger partial charge in [-0.1, -0.05) is 12.1 Å². The Kier molecular flexibility index (Phi) is 5.66. The van der Waals surface area contributed by atoms with E-state index >= 15 is 0 Å². The number of thiophene rings is 1. The number of rotatable bonds is 6. The third-order valence-corrected chi connectivity index (χ3v) is 3.88. The van der Waals surface area contributed by atoms with E-state index in [0.29, 0.717) is 17.8 Å². The zero-order valence-corrected chi connectivity index (χ0v) is 13.0. The van der Waals surface area contributed by atoms with Crippen LogP contribution in [0.1, 0.15) is 28.1 Å². The summed E-state index contributed by atoms with van der Waals surface area (Å²) in [4.78, 5) is 24.1. The molecule has 0 atom stereocenters. The van der Waals surface area contributed by atoms with Crippen LogP contribution in [-0.4, -0.2) is 18.4 Å². The Morgan fingerprint density at radius 2 is 2.09 bits per heavy atom. The second-order valence-electron chi connectivity index (χ2n) is 4.87. The lowest BCUT2D eigenvalue weighted by Crippen LogP contribution is -2.24. The van der Waals surface area contributed by atoms with E-state index in [1.165, 1.54) is 17.4 Å². The van der Waals surface area contributed by atoms with Crippen LogP contribution in [0.25, 0.3) is 0 Å². The summed E-state index contributed by atoms with van der Waals surface area (Å²) in [5.74, 6) is -0.861. The minimum atomic E-state index is -0.454. The zero-order valence-electron chi connectivity index (χ0n) is 12.2. The molecule has 0 saturated heterocycles. The summed E-state index contributed by atoms with van der Waals surface area (Å²) in [7, 11) is 0. The molecule has 2 N–H and O–H groups in total. The monoisotopic (exact) mass is 320 g/mol. The van der Waals surface area contributed by atoms with Gasteiger partial charge < -0.3 is 10.6 Å². The number of carbonyl (C=O) groups is 2. The van der Waals surface area contributed by atoms with Gasteiger partial charge in [0.15, 0.2) is 0 Å². The summed E-state index contributed by atoms with van der Waals surface area (Å²) in [6, 6.07) is 8.11. The normalized spacial score (nSPS) is 10.3. The molecule has 4 nitrogen and oxygen atoms in total. The van der Waals surface area contributed by atoms with Crippen LogP contribution in [-0.2, 0) is 4.79 Å². The van der Waals surface area contributed by atoms with Crippen LogP contribution >= 0.6 is 11.3 Å². The standard InChI is InChI=1S/C16H17FN2O2S/c1-11-6-7-12(17)13(10-11)19-15(20)5-2-8-18-16(21)14-4-3-9-22-14/h3-4,6-7,9-10H,2,5,8H2,1H3,(H,18,21)(H,19,20). The van der Waals surface area contributed by atoms with Gasteiger partial charge in [0.05, 0.1) is 10.6 Å². The fourth-order valence-corrected chi connectivity index (χ4v) is 2.53. The largest absolute Gasteiger partial charge is 0.351 e. The molecule has 0 fully saturated rings. The van der Waals surface area contributed by atoms with Crippen molar-refractivity contribution in [2.45, 2.75) is 19.8 Å². The number of aryl methyl sites for hydroxylation is 1. The Hall–Kier alpha value is -2.21. The molecule has 2 amide bonds. The van der Waals surface area contributed by atoms with Crippen LogP contribution in [0.5, 0.6) is 0 Å². The van der Waals surface area contributed by atoms with Gasteiger partial charge in [-0.25, -0.2) is 4.39 Å². The summed E-state index contributed by atoms with van der Waals surface area (Å²) in [5.41, 5.74) is 1.06. The highest BCUT2D eigenvalue weighted by atomic mass is 32.1. The number of nitrogens with one attached hydrogen (secondary N) is 2. The van der Waals surface area contributed by atoms with Gasteiger partial charge in [0.1, 0.15) is 5.82 Å². The van der Waals surface area contributed by atoms with Gasteiger partial charge >= 0.3 is 0 Å². The third-order valence-electron chi connectivity index (χ3n) is 3.01. The van der Waals surface area contributed by atoms with Crippen LogP contribution in [0.4, 0.5) is 10.1 Å². The maximum atomic E-state index is 13.5. The molecule has 0 bridgehead atoms. The fourth-order valence-electron chi connectivity index (χ4n) is 1.89. The molecule has 0 aliphatic rings. The van der Waals surface area contributed by atoms with Gasteiger partial charge in [-0.2, -0.15) is 0 Å². The van der Waals surface area contributed by atoms with E-state index in [9.17, 15) is 14.0 Å². The minimum Gasteiger partial charge on any atom is -0.351 e. The number of anilines is 1. The molecule has 0 unspecified atom stereocenters. The Morgan fingerprint density at radius 1 is 1.27 bits per heavy atom. The average molecular weight is 320 g/mol. The first kappa shape index (κ1) is 16.2. The first-order valence-electron chi connectivity index (χ1n) is 6.94. The Balaban J connectivity index is 1.72. The quantitative estimate of drug-likeness (QED) is 0.802. The van der Waals surface area contributed by atoms with E-state index in [-0.39, 0.29) is 23.9 Å². The maximum Gasteiger partial charge on any atom is 0.261 e. The lowest BCUT2D eigenvalue weighted by Gasteiger charge is -2.07. The molecule has 0 aliphatic carbocycles. The molecule has 2 aromatic rings. The van der Waals surface area contributed by atoms with Crippen LogP contribution in [0.3, 0.4) is 0 Å². The van der Waals surface area contributed by atoms with E-state index < -0.39 is 5.82 Å². The molecule has 0 spiro atoms. The summed E-state index contributed by atoms with van der Waals surface area (Å²) in [5, 5.41) is 7.12. The van der Waals surface area contributed by atoms with Crippen molar-refractivity contribution in [2.24, 2.45) is 0 Å². The Labute approximate surface area is 132 Å². The van der Waals surface area contributed by atoms with Gasteiger partial charge in [-0.15, -0.1) is 11.3 Å². The zero-order chi connectivity index (χ0) is 15.9. The van der Waals surface area contributed by atoms with Crippen molar-refractivity contribution in [3.8, 4) is 0 Å². The smallest absolute Gasteiger partial charge is 0.261 e. The maximum absolute atomic E-state index is 13.5. The van der Waals surface area contributed by atoms with Crippen molar-refractivity contribution < 1.29 is 14.0 Å². The number of hydrogen-bond acceptors (Lipinski definition) is 3. The predicted octanol–water partition coefficient (Wildman–Crippen LogP) is 3.34. The van der Waals surface area contributed by atoms with Crippen molar-refractivity contribution >= 4 is 28.8 Å². The second kappa shape index (κ2) is 7.70. The fraction of sp³-hybridized carbons (Fsp3) is 0.250. The summed E-state index contributed by atoms with van der Waals surface area (Å²) < 4.78 is 13.5. The van der Waals surface area contributed by atoms with Crippen LogP contribution in [0.15, 0.2) is 35.7 Å². The number of benzene rings is 1. The predicted molar refractivity (Wildman–Crippen MR) is 85.7 cm³/mol. The summed E-state index contributed by atoms with van der Waals surface area (Å²) in [6.45, 7) is 2.23. The highest BCUT2D eigenvalue weighted by Crippen LogP contribution is 2.16. The molecule has 2 rings (SSSR count). The number of halogens is 1. The molecule has 0 saturated carbocycles. The molecule has 0 aliphatic heterocycles. The van der Waals surface area contributed by atoms with E-state index in [4.69, 9.17) is 0 Å². The van der Waals surface area contributed by atoms with E-state index in [2.05, 4.69) is 10.6 Å². The Morgan fingerprint density at radius 3 is 2.82 bits per heavy atom. The molecule has 6 heteroatoms. The molecule has 1 aromatic carbocycles. The first-order valence-corrected chi connectivity index (χ1v) is 7.82. The molecule has 1 aromatic heterocycles. The van der Waals surface area contributed by atoms with Crippen LogP contribution in [0.2, 0.25) is 0 Å². The van der Waals surface area contributed by atoms with Crippen molar-refractivity contribution in [1.82, 2.24) is 5.32 Å². The van der Waals surface area contributed by atoms with Crippen molar-refractivity contribution in [3.05, 3.63) is 52.0 Å². The van der Waals surface area contributed by atoms with Gasteiger partial charge in [-0.05, 0) is 42.5 Å². The van der Waals surface area contributed by atoms with Gasteiger partial charge in [0.2, 0.25) is 5.91 Å². The molecule has 22 heavy (non-hydrogen) atoms. The molecular weight excluding hydrogens is 303 g/mol. The third kappa shape index (κ3) is 4.66. The number of hydrogen-bond donors (Lipinski definition) is 2. The van der Waals surface area contributed by atoms with Gasteiger partial charge in [-0.3, -0.25) is 9.59 Å². The van der Waals surface area contributed by atoms with E-state index in [0.717, 1.165) is 5.56 Å². The van der Waals surface area contributed by atoms with Gasteiger partial charge in [0, 0.05) is 13.0 Å². The number of amides is 2. The first-order chi connectivity index (χ1) is 10.6. The highest BCUT2D eigenvalue weighted by Gasteiger charge is 2.08.